The number of halogens is 1. The first kappa shape index (κ1) is 10.7. The van der Waals surface area contributed by atoms with Crippen molar-refractivity contribution in [2.45, 2.75) is 25.9 Å². The van der Waals surface area contributed by atoms with Crippen LogP contribution in [0.15, 0.2) is 17.5 Å². The Morgan fingerprint density at radius 1 is 1.71 bits per heavy atom. The van der Waals surface area contributed by atoms with E-state index in [9.17, 15) is 0 Å². The van der Waals surface area contributed by atoms with Crippen molar-refractivity contribution in [2.24, 2.45) is 5.41 Å². The van der Waals surface area contributed by atoms with E-state index in [4.69, 9.17) is 4.74 Å². The zero-order chi connectivity index (χ0) is 10.0. The van der Waals surface area contributed by atoms with Gasteiger partial charge in [-0.3, -0.25) is 0 Å². The van der Waals surface area contributed by atoms with Crippen LogP contribution in [-0.4, -0.2) is 18.0 Å². The average Bonchev–Trinajstić information content (AvgIpc) is 2.79. The van der Waals surface area contributed by atoms with E-state index < -0.39 is 0 Å². The van der Waals surface area contributed by atoms with Crippen LogP contribution in [0.4, 0.5) is 0 Å². The molecule has 1 nitrogen and oxygen atoms in total. The van der Waals surface area contributed by atoms with E-state index in [1.165, 1.54) is 11.3 Å². The number of ether oxygens (including phenoxy) is 1. The van der Waals surface area contributed by atoms with Gasteiger partial charge in [-0.2, -0.15) is 0 Å². The lowest BCUT2D eigenvalue weighted by atomic mass is 9.80. The standard InChI is InChI=1S/C11H15BrOS/c1-9-11(8-12,4-5-13-9)7-10-3-2-6-14-10/h2-3,6,9H,4-5,7-8H2,1H3. The Bertz CT molecular complexity index is 285. The molecule has 2 heterocycles. The molecule has 0 bridgehead atoms. The fourth-order valence-corrected chi connectivity index (χ4v) is 3.83. The topological polar surface area (TPSA) is 9.23 Å². The molecule has 78 valence electrons. The lowest BCUT2D eigenvalue weighted by Gasteiger charge is -2.29. The molecule has 0 aliphatic carbocycles. The summed E-state index contributed by atoms with van der Waals surface area (Å²) in [5.41, 5.74) is 0.324. The smallest absolute Gasteiger partial charge is 0.0615 e. The predicted molar refractivity (Wildman–Crippen MR) is 64.3 cm³/mol. The van der Waals surface area contributed by atoms with Crippen molar-refractivity contribution in [2.75, 3.05) is 11.9 Å². The highest BCUT2D eigenvalue weighted by Gasteiger charge is 2.40. The Morgan fingerprint density at radius 3 is 3.07 bits per heavy atom. The second-order valence-corrected chi connectivity index (χ2v) is 5.61. The summed E-state index contributed by atoms with van der Waals surface area (Å²) in [6.45, 7) is 3.11. The van der Waals surface area contributed by atoms with Crippen LogP contribution in [0, 0.1) is 5.41 Å². The van der Waals surface area contributed by atoms with Gasteiger partial charge in [-0.15, -0.1) is 11.3 Å². The van der Waals surface area contributed by atoms with Crippen molar-refractivity contribution >= 4 is 27.3 Å². The third-order valence-corrected chi connectivity index (χ3v) is 5.20. The molecule has 1 aromatic heterocycles. The molecule has 3 heteroatoms. The lowest BCUT2D eigenvalue weighted by Crippen LogP contribution is -2.32. The van der Waals surface area contributed by atoms with Gasteiger partial charge in [0.15, 0.2) is 0 Å². The van der Waals surface area contributed by atoms with E-state index in [1.807, 2.05) is 11.3 Å². The normalized spacial score (nSPS) is 32.3. The summed E-state index contributed by atoms with van der Waals surface area (Å²) < 4.78 is 5.68. The number of thiophene rings is 1. The molecule has 0 saturated carbocycles. The molecule has 1 saturated heterocycles. The van der Waals surface area contributed by atoms with Crippen molar-refractivity contribution in [3.8, 4) is 0 Å². The molecule has 0 amide bonds. The summed E-state index contributed by atoms with van der Waals surface area (Å²) in [4.78, 5) is 1.47. The first-order valence-corrected chi connectivity index (χ1v) is 6.97. The molecular weight excluding hydrogens is 260 g/mol. The minimum absolute atomic E-state index is 0.324. The number of rotatable bonds is 3. The largest absolute Gasteiger partial charge is 0.378 e. The summed E-state index contributed by atoms with van der Waals surface area (Å²) in [5, 5.41) is 3.19. The van der Waals surface area contributed by atoms with Gasteiger partial charge in [0.2, 0.25) is 0 Å². The fraction of sp³-hybridized carbons (Fsp3) is 0.636. The summed E-state index contributed by atoms with van der Waals surface area (Å²) in [6.07, 6.45) is 2.71. The second kappa shape index (κ2) is 4.33. The first-order valence-electron chi connectivity index (χ1n) is 4.97. The summed E-state index contributed by atoms with van der Waals surface area (Å²) in [7, 11) is 0. The SMILES string of the molecule is CC1OCCC1(CBr)Cc1cccs1. The fourth-order valence-electron chi connectivity index (χ4n) is 2.03. The van der Waals surface area contributed by atoms with E-state index in [2.05, 4.69) is 40.4 Å². The van der Waals surface area contributed by atoms with Gasteiger partial charge in [0, 0.05) is 22.2 Å². The minimum atomic E-state index is 0.324. The Balaban J connectivity index is 2.13. The van der Waals surface area contributed by atoms with Gasteiger partial charge in [0.25, 0.3) is 0 Å². The molecule has 0 N–H and O–H groups in total. The zero-order valence-electron chi connectivity index (χ0n) is 8.33. The van der Waals surface area contributed by atoms with Gasteiger partial charge in [-0.1, -0.05) is 22.0 Å². The van der Waals surface area contributed by atoms with Gasteiger partial charge in [0.05, 0.1) is 6.10 Å². The number of alkyl halides is 1. The average molecular weight is 275 g/mol. The number of hydrogen-bond donors (Lipinski definition) is 0. The van der Waals surface area contributed by atoms with Gasteiger partial charge in [-0.25, -0.2) is 0 Å². The summed E-state index contributed by atoms with van der Waals surface area (Å²) >= 11 is 5.49. The maximum absolute atomic E-state index is 5.68. The molecule has 2 unspecified atom stereocenters. The van der Waals surface area contributed by atoms with Crippen LogP contribution < -0.4 is 0 Å². The van der Waals surface area contributed by atoms with Gasteiger partial charge >= 0.3 is 0 Å². The van der Waals surface area contributed by atoms with Crippen molar-refractivity contribution < 1.29 is 4.74 Å². The van der Waals surface area contributed by atoms with Crippen molar-refractivity contribution in [1.82, 2.24) is 0 Å². The van der Waals surface area contributed by atoms with Gasteiger partial charge < -0.3 is 4.74 Å². The maximum atomic E-state index is 5.68. The highest BCUT2D eigenvalue weighted by Crippen LogP contribution is 2.40. The Morgan fingerprint density at radius 2 is 2.57 bits per heavy atom. The Labute approximate surface area is 97.6 Å². The Hall–Kier alpha value is 0.140. The summed E-state index contributed by atoms with van der Waals surface area (Å²) in [6, 6.07) is 4.35. The van der Waals surface area contributed by atoms with Gasteiger partial charge in [-0.05, 0) is 31.2 Å². The highest BCUT2D eigenvalue weighted by atomic mass is 79.9. The molecule has 0 radical (unpaired) electrons. The Kier molecular flexibility index (Phi) is 3.30. The van der Waals surface area contributed by atoms with Crippen LogP contribution in [0.5, 0.6) is 0 Å². The summed E-state index contributed by atoms with van der Waals surface area (Å²) in [5.74, 6) is 0. The van der Waals surface area contributed by atoms with Crippen LogP contribution in [-0.2, 0) is 11.2 Å². The van der Waals surface area contributed by atoms with Crippen molar-refractivity contribution in [3.63, 3.8) is 0 Å². The predicted octanol–water partition coefficient (Wildman–Crippen LogP) is 3.48. The van der Waals surface area contributed by atoms with Crippen LogP contribution in [0.3, 0.4) is 0 Å². The van der Waals surface area contributed by atoms with Crippen LogP contribution in [0.1, 0.15) is 18.2 Å². The van der Waals surface area contributed by atoms with Crippen molar-refractivity contribution in [3.05, 3.63) is 22.4 Å². The van der Waals surface area contributed by atoms with Crippen LogP contribution >= 0.6 is 27.3 Å². The molecule has 1 aliphatic rings. The van der Waals surface area contributed by atoms with E-state index >= 15 is 0 Å². The first-order chi connectivity index (χ1) is 6.77. The van der Waals surface area contributed by atoms with Gasteiger partial charge in [0.1, 0.15) is 0 Å². The van der Waals surface area contributed by atoms with E-state index in [1.54, 1.807) is 0 Å². The molecule has 0 aromatic carbocycles. The second-order valence-electron chi connectivity index (χ2n) is 4.02. The monoisotopic (exact) mass is 274 g/mol. The highest BCUT2D eigenvalue weighted by molar-refractivity contribution is 9.09. The molecule has 1 fully saturated rings. The van der Waals surface area contributed by atoms with Crippen molar-refractivity contribution in [1.29, 1.82) is 0 Å². The third kappa shape index (κ3) is 1.90. The number of hydrogen-bond acceptors (Lipinski definition) is 2. The quantitative estimate of drug-likeness (QED) is 0.767. The lowest BCUT2D eigenvalue weighted by molar-refractivity contribution is 0.0750. The van der Waals surface area contributed by atoms with Crippen LogP contribution in [0.25, 0.3) is 0 Å². The molecule has 2 rings (SSSR count). The van der Waals surface area contributed by atoms with E-state index in [-0.39, 0.29) is 0 Å². The molecule has 2 atom stereocenters. The molecule has 14 heavy (non-hydrogen) atoms. The molecule has 1 aliphatic heterocycles. The third-order valence-electron chi connectivity index (χ3n) is 3.20. The maximum Gasteiger partial charge on any atom is 0.0615 e. The molecular formula is C11H15BrOS. The minimum Gasteiger partial charge on any atom is -0.378 e. The molecule has 1 aromatic rings. The van der Waals surface area contributed by atoms with E-state index in [0.717, 1.165) is 18.4 Å². The van der Waals surface area contributed by atoms with Crippen LogP contribution in [0.2, 0.25) is 0 Å². The van der Waals surface area contributed by atoms with E-state index in [0.29, 0.717) is 11.5 Å². The molecule has 0 spiro atoms. The zero-order valence-corrected chi connectivity index (χ0v) is 10.7.